The second kappa shape index (κ2) is 22.9. The third-order valence-corrected chi connectivity index (χ3v) is 10.6. The van der Waals surface area contributed by atoms with Gasteiger partial charge < -0.3 is 41.4 Å². The van der Waals surface area contributed by atoms with Crippen molar-refractivity contribution in [3.05, 3.63) is 82.9 Å². The molecule has 0 radical (unpaired) electrons. The van der Waals surface area contributed by atoms with Gasteiger partial charge >= 0.3 is 0 Å². The van der Waals surface area contributed by atoms with Crippen LogP contribution in [0.25, 0.3) is 11.1 Å². The second-order valence-corrected chi connectivity index (χ2v) is 14.9. The summed E-state index contributed by atoms with van der Waals surface area (Å²) in [6.07, 6.45) is 8.76. The van der Waals surface area contributed by atoms with Crippen LogP contribution in [0.5, 0.6) is 11.5 Å². The lowest BCUT2D eigenvalue weighted by Crippen LogP contribution is -2.56. The van der Waals surface area contributed by atoms with E-state index in [1.54, 1.807) is 48.5 Å². The van der Waals surface area contributed by atoms with E-state index in [-0.39, 0.29) is 25.9 Å². The molecule has 14 nitrogen and oxygen atoms in total. The second-order valence-electron chi connectivity index (χ2n) is 14.9. The van der Waals surface area contributed by atoms with E-state index in [2.05, 4.69) is 28.2 Å². The van der Waals surface area contributed by atoms with Crippen LogP contribution < -0.4 is 36.5 Å². The first-order chi connectivity index (χ1) is 28.4. The molecule has 3 aromatic rings. The van der Waals surface area contributed by atoms with Crippen LogP contribution in [0.3, 0.4) is 0 Å². The average molecular weight is 810 g/mol. The number of hydrogen-bond donors (Lipinski definition) is 5. The molecule has 1 heterocycles. The van der Waals surface area contributed by atoms with E-state index in [1.807, 2.05) is 18.2 Å². The summed E-state index contributed by atoms with van der Waals surface area (Å²) in [6, 6.07) is 15.0. The predicted molar refractivity (Wildman–Crippen MR) is 225 cm³/mol. The SMILES string of the molecule is CCCCCCCCc1ccc(C(=O)N[C@@H](CCCN)C(=O)N(C)[C@@H]2C(=O)N[C@@H](C)C(=O)N[C@H](C(=O)NCC#N)Cc3ccc(OC)c(c3)-c3cc2ccc3OC)cc1. The van der Waals surface area contributed by atoms with Gasteiger partial charge in [0.05, 0.1) is 20.3 Å². The molecule has 0 saturated heterocycles. The van der Waals surface area contributed by atoms with Crippen molar-refractivity contribution in [2.24, 2.45) is 5.73 Å². The summed E-state index contributed by atoms with van der Waals surface area (Å²) in [6.45, 7) is 3.67. The number of methoxy groups -OCH3 is 2. The van der Waals surface area contributed by atoms with Crippen LogP contribution in [-0.2, 0) is 32.0 Å². The van der Waals surface area contributed by atoms with Crippen molar-refractivity contribution in [1.82, 2.24) is 26.2 Å². The Morgan fingerprint density at radius 1 is 0.898 bits per heavy atom. The minimum atomic E-state index is -1.30. The number of aryl methyl sites for hydroxylation is 1. The predicted octanol–water partition coefficient (Wildman–Crippen LogP) is 4.50. The number of nitrogens with zero attached hydrogens (tertiary/aromatic N) is 2. The Morgan fingerprint density at radius 3 is 2.22 bits per heavy atom. The van der Waals surface area contributed by atoms with Crippen molar-refractivity contribution in [1.29, 1.82) is 5.26 Å². The van der Waals surface area contributed by atoms with Gasteiger partial charge in [0.15, 0.2) is 0 Å². The lowest BCUT2D eigenvalue weighted by atomic mass is 9.93. The maximum atomic E-state index is 14.5. The normalized spacial score (nSPS) is 16.9. The van der Waals surface area contributed by atoms with Gasteiger partial charge in [-0.25, -0.2) is 0 Å². The number of carbonyl (C=O) groups excluding carboxylic acids is 5. The van der Waals surface area contributed by atoms with E-state index in [0.717, 1.165) is 24.8 Å². The number of likely N-dealkylation sites (N-methyl/N-ethyl adjacent to an activating group) is 1. The van der Waals surface area contributed by atoms with E-state index in [1.165, 1.54) is 58.8 Å². The van der Waals surface area contributed by atoms with E-state index in [4.69, 9.17) is 20.5 Å². The number of fused-ring (bicyclic) bond motifs is 5. The number of carbonyl (C=O) groups is 5. The zero-order valence-electron chi connectivity index (χ0n) is 34.9. The molecule has 4 atom stereocenters. The van der Waals surface area contributed by atoms with E-state index < -0.39 is 53.7 Å². The number of nitrogens with one attached hydrogen (secondary N) is 4. The van der Waals surface area contributed by atoms with E-state index >= 15 is 0 Å². The van der Waals surface area contributed by atoms with E-state index in [9.17, 15) is 24.0 Å². The topological polar surface area (TPSA) is 205 Å². The fourth-order valence-corrected chi connectivity index (χ4v) is 7.23. The zero-order valence-corrected chi connectivity index (χ0v) is 34.9. The number of benzene rings is 3. The number of nitriles is 1. The first-order valence-electron chi connectivity index (χ1n) is 20.4. The highest BCUT2D eigenvalue weighted by molar-refractivity contribution is 5.99. The molecule has 4 bridgehead atoms. The van der Waals surface area contributed by atoms with Crippen LogP contribution in [0.4, 0.5) is 0 Å². The smallest absolute Gasteiger partial charge is 0.251 e. The summed E-state index contributed by atoms with van der Waals surface area (Å²) in [5, 5.41) is 19.9. The largest absolute Gasteiger partial charge is 0.496 e. The molecule has 0 spiro atoms. The summed E-state index contributed by atoms with van der Waals surface area (Å²) in [4.78, 5) is 70.6. The average Bonchev–Trinajstić information content (AvgIpc) is 3.24. The molecule has 0 unspecified atom stereocenters. The maximum absolute atomic E-state index is 14.5. The molecule has 5 amide bonds. The number of ether oxygens (including phenoxy) is 2. The van der Waals surface area contributed by atoms with Gasteiger partial charge in [-0.1, -0.05) is 63.3 Å². The van der Waals surface area contributed by atoms with Crippen molar-refractivity contribution in [2.45, 2.75) is 102 Å². The Labute approximate surface area is 347 Å². The number of amides is 5. The lowest BCUT2D eigenvalue weighted by Gasteiger charge is -2.32. The number of hydrogen-bond acceptors (Lipinski definition) is 9. The highest BCUT2D eigenvalue weighted by Gasteiger charge is 2.36. The summed E-state index contributed by atoms with van der Waals surface area (Å²) in [7, 11) is 4.49. The van der Waals surface area contributed by atoms with Crippen molar-refractivity contribution < 1.29 is 33.4 Å². The number of rotatable bonds is 18. The van der Waals surface area contributed by atoms with Crippen molar-refractivity contribution in [2.75, 3.05) is 34.4 Å². The number of unbranched alkanes of at least 4 members (excludes halogenated alkanes) is 5. The molecule has 6 N–H and O–H groups in total. The van der Waals surface area contributed by atoms with Crippen LogP contribution in [-0.4, -0.2) is 86.9 Å². The van der Waals surface area contributed by atoms with Crippen LogP contribution >= 0.6 is 0 Å². The lowest BCUT2D eigenvalue weighted by molar-refractivity contribution is -0.141. The van der Waals surface area contributed by atoms with Crippen molar-refractivity contribution in [3.8, 4) is 28.7 Å². The van der Waals surface area contributed by atoms with Gasteiger partial charge in [0.2, 0.25) is 23.6 Å². The Kier molecular flexibility index (Phi) is 17.7. The Balaban J connectivity index is 1.70. The minimum absolute atomic E-state index is 0.0573. The van der Waals surface area contributed by atoms with Gasteiger partial charge in [-0.15, -0.1) is 0 Å². The zero-order chi connectivity index (χ0) is 42.9. The third kappa shape index (κ3) is 12.5. The molecule has 3 aromatic carbocycles. The summed E-state index contributed by atoms with van der Waals surface area (Å²) < 4.78 is 11.5. The highest BCUT2D eigenvalue weighted by Crippen LogP contribution is 2.40. The van der Waals surface area contributed by atoms with Gasteiger partial charge in [0, 0.05) is 30.2 Å². The van der Waals surface area contributed by atoms with Gasteiger partial charge in [0.25, 0.3) is 5.91 Å². The summed E-state index contributed by atoms with van der Waals surface area (Å²) >= 11 is 0. The number of nitrogens with two attached hydrogens (primary N) is 1. The Bertz CT molecular complexity index is 1960. The summed E-state index contributed by atoms with van der Waals surface area (Å²) in [5.74, 6) is -2.00. The molecule has 4 rings (SSSR count). The molecule has 0 aliphatic carbocycles. The molecule has 0 aromatic heterocycles. The molecule has 1 aliphatic heterocycles. The first kappa shape index (κ1) is 45.8. The molecular weight excluding hydrogens is 751 g/mol. The highest BCUT2D eigenvalue weighted by atomic mass is 16.5. The molecule has 59 heavy (non-hydrogen) atoms. The van der Waals surface area contributed by atoms with Crippen LogP contribution in [0.2, 0.25) is 0 Å². The van der Waals surface area contributed by atoms with Crippen LogP contribution in [0.1, 0.15) is 98.3 Å². The molecule has 0 fully saturated rings. The third-order valence-electron chi connectivity index (χ3n) is 10.6. The van der Waals surface area contributed by atoms with Gasteiger partial charge in [0.1, 0.15) is 42.2 Å². The van der Waals surface area contributed by atoms with Gasteiger partial charge in [-0.05, 0) is 92.2 Å². The molecular formula is C45H59N7O7. The van der Waals surface area contributed by atoms with E-state index in [0.29, 0.717) is 45.7 Å². The van der Waals surface area contributed by atoms with Crippen LogP contribution in [0.15, 0.2) is 60.7 Å². The molecule has 0 saturated carbocycles. The Hall–Kier alpha value is -5.94. The maximum Gasteiger partial charge on any atom is 0.251 e. The monoisotopic (exact) mass is 809 g/mol. The fourth-order valence-electron chi connectivity index (χ4n) is 7.23. The van der Waals surface area contributed by atoms with Crippen molar-refractivity contribution >= 4 is 29.5 Å². The fraction of sp³-hybridized carbons (Fsp3) is 0.467. The molecule has 316 valence electrons. The quantitative estimate of drug-likeness (QED) is 0.0906. The molecule has 14 heteroatoms. The Morgan fingerprint density at radius 2 is 1.56 bits per heavy atom. The first-order valence-corrected chi connectivity index (χ1v) is 20.4. The molecule has 1 aliphatic rings. The summed E-state index contributed by atoms with van der Waals surface area (Å²) in [5.41, 5.74) is 9.56. The standard InChI is InChI=1S/C45H59N7O7/c1-6-7-8-9-10-11-13-30-15-18-32(19-16-30)42(54)50-36(14-12-23-46)45(57)52(3)40-33-20-22-39(59-5)35(28-33)34-26-31(17-21-38(34)58-4)27-37(43(55)48-25-24-47)51-41(53)29(2)49-44(40)56/h15-22,26,28-29,36-37,40H,6-14,23,25,27,46H2,1-5H3,(H,48,55)(H,49,56)(H,50,54)(H,51,53)/t29-,36-,37-,40-/m0/s1. The van der Waals surface area contributed by atoms with Gasteiger partial charge in [-0.2, -0.15) is 5.26 Å². The van der Waals surface area contributed by atoms with Crippen molar-refractivity contribution in [3.63, 3.8) is 0 Å². The van der Waals surface area contributed by atoms with Gasteiger partial charge in [-0.3, -0.25) is 24.0 Å². The minimum Gasteiger partial charge on any atom is -0.496 e. The van der Waals surface area contributed by atoms with Crippen LogP contribution in [0, 0.1) is 11.3 Å².